The molecule has 2 unspecified atom stereocenters. The average Bonchev–Trinajstić information content (AvgIpc) is 2.85. The number of ether oxygens (including phenoxy) is 1. The van der Waals surface area contributed by atoms with Crippen LogP contribution in [0.25, 0.3) is 11.1 Å². The fourth-order valence-electron chi connectivity index (χ4n) is 4.71. The van der Waals surface area contributed by atoms with Gasteiger partial charge >= 0.3 is 12.1 Å². The molecule has 1 aliphatic carbocycles. The van der Waals surface area contributed by atoms with Crippen LogP contribution in [0.1, 0.15) is 60.3 Å². The first-order chi connectivity index (χ1) is 17.5. The zero-order valence-corrected chi connectivity index (χ0v) is 22.0. The van der Waals surface area contributed by atoms with E-state index < -0.39 is 23.8 Å². The second kappa shape index (κ2) is 11.0. The fourth-order valence-corrected chi connectivity index (χ4v) is 4.91. The summed E-state index contributed by atoms with van der Waals surface area (Å²) in [5.41, 5.74) is 4.24. The van der Waals surface area contributed by atoms with Crippen LogP contribution in [-0.2, 0) is 17.6 Å². The van der Waals surface area contributed by atoms with E-state index >= 15 is 0 Å². The molecule has 0 spiro atoms. The van der Waals surface area contributed by atoms with Crippen LogP contribution in [0.4, 0.5) is 4.79 Å². The van der Waals surface area contributed by atoms with Gasteiger partial charge in [-0.2, -0.15) is 0 Å². The van der Waals surface area contributed by atoms with Crippen molar-refractivity contribution in [2.75, 3.05) is 6.54 Å². The number of carboxylic acids is 1. The fraction of sp³-hybridized carbons (Fsp3) is 0.333. The van der Waals surface area contributed by atoms with Crippen LogP contribution in [-0.4, -0.2) is 45.4 Å². The summed E-state index contributed by atoms with van der Waals surface area (Å²) in [6, 6.07) is 19.9. The van der Waals surface area contributed by atoms with Crippen molar-refractivity contribution >= 4 is 23.7 Å². The molecule has 1 amide bonds. The highest BCUT2D eigenvalue weighted by Crippen LogP contribution is 2.31. The van der Waals surface area contributed by atoms with Crippen molar-refractivity contribution in [2.45, 2.75) is 57.8 Å². The number of aliphatic hydroxyl groups is 1. The van der Waals surface area contributed by atoms with Crippen molar-refractivity contribution < 1.29 is 24.5 Å². The van der Waals surface area contributed by atoms with Gasteiger partial charge < -0.3 is 19.8 Å². The molecular formula is C30H32ClNO5. The van der Waals surface area contributed by atoms with Crippen LogP contribution < -0.4 is 0 Å². The minimum absolute atomic E-state index is 0.0790. The molecule has 0 saturated heterocycles. The first-order valence-electron chi connectivity index (χ1n) is 12.4. The molecule has 0 bridgehead atoms. The van der Waals surface area contributed by atoms with E-state index in [0.29, 0.717) is 17.0 Å². The third kappa shape index (κ3) is 6.70. The number of carbonyl (C=O) groups is 2. The average molecular weight is 522 g/mol. The molecule has 0 fully saturated rings. The van der Waals surface area contributed by atoms with E-state index in [4.69, 9.17) is 16.3 Å². The van der Waals surface area contributed by atoms with E-state index in [1.54, 1.807) is 47.4 Å². The summed E-state index contributed by atoms with van der Waals surface area (Å²) in [7, 11) is 0. The summed E-state index contributed by atoms with van der Waals surface area (Å²) in [5.74, 6) is -0.967. The third-order valence-corrected chi connectivity index (χ3v) is 6.76. The maximum absolute atomic E-state index is 13.3. The molecule has 37 heavy (non-hydrogen) atoms. The zero-order chi connectivity index (χ0) is 26.7. The molecule has 2 N–H and O–H groups in total. The van der Waals surface area contributed by atoms with E-state index in [1.807, 2.05) is 32.9 Å². The van der Waals surface area contributed by atoms with Gasteiger partial charge in [-0.15, -0.1) is 0 Å². The number of aryl methyl sites for hydroxylation is 1. The number of benzene rings is 3. The van der Waals surface area contributed by atoms with E-state index in [2.05, 4.69) is 12.1 Å². The Morgan fingerprint density at radius 1 is 1.03 bits per heavy atom. The second-order valence-corrected chi connectivity index (χ2v) is 10.9. The van der Waals surface area contributed by atoms with Crippen LogP contribution in [0, 0.1) is 0 Å². The molecule has 3 aromatic carbocycles. The minimum atomic E-state index is -0.967. The van der Waals surface area contributed by atoms with Gasteiger partial charge in [0.15, 0.2) is 0 Å². The molecule has 3 aromatic rings. The van der Waals surface area contributed by atoms with Gasteiger partial charge in [-0.05, 0) is 92.1 Å². The molecule has 4 rings (SSSR count). The second-order valence-electron chi connectivity index (χ2n) is 10.5. The van der Waals surface area contributed by atoms with Crippen LogP contribution in [0.5, 0.6) is 0 Å². The number of fused-ring (bicyclic) bond motifs is 1. The van der Waals surface area contributed by atoms with Gasteiger partial charge in [-0.25, -0.2) is 9.59 Å². The summed E-state index contributed by atoms with van der Waals surface area (Å²) in [6.07, 6.45) is 0.734. The van der Waals surface area contributed by atoms with E-state index in [1.165, 1.54) is 5.56 Å². The van der Waals surface area contributed by atoms with Crippen molar-refractivity contribution in [3.05, 3.63) is 94.0 Å². The summed E-state index contributed by atoms with van der Waals surface area (Å²) < 4.78 is 5.72. The summed E-state index contributed by atoms with van der Waals surface area (Å²) in [4.78, 5) is 26.4. The SMILES string of the molecule is CC(C)(C)OC(=O)N(CC(O)c1cccc(Cl)c1)C1CCc2ccc(-c3cccc(C(=O)O)c3)cc2C1. The lowest BCUT2D eigenvalue weighted by Crippen LogP contribution is -2.47. The molecule has 0 aromatic heterocycles. The first-order valence-corrected chi connectivity index (χ1v) is 12.8. The molecule has 1 aliphatic rings. The molecule has 0 heterocycles. The van der Waals surface area contributed by atoms with Gasteiger partial charge in [0.1, 0.15) is 5.60 Å². The quantitative estimate of drug-likeness (QED) is 0.385. The van der Waals surface area contributed by atoms with E-state index in [-0.39, 0.29) is 18.2 Å². The van der Waals surface area contributed by atoms with Gasteiger partial charge in [0.05, 0.1) is 18.2 Å². The lowest BCUT2D eigenvalue weighted by atomic mass is 9.85. The number of aliphatic hydroxyl groups excluding tert-OH is 1. The monoisotopic (exact) mass is 521 g/mol. The van der Waals surface area contributed by atoms with Crippen LogP contribution in [0.2, 0.25) is 5.02 Å². The minimum Gasteiger partial charge on any atom is -0.478 e. The van der Waals surface area contributed by atoms with Gasteiger partial charge in [0, 0.05) is 11.1 Å². The van der Waals surface area contributed by atoms with Gasteiger partial charge in [-0.1, -0.05) is 54.1 Å². The largest absolute Gasteiger partial charge is 0.478 e. The number of carboxylic acid groups (broad SMARTS) is 1. The molecule has 0 aliphatic heterocycles. The number of halogens is 1. The van der Waals surface area contributed by atoms with Crippen LogP contribution in [0.15, 0.2) is 66.7 Å². The van der Waals surface area contributed by atoms with Crippen molar-refractivity contribution in [1.29, 1.82) is 0 Å². The van der Waals surface area contributed by atoms with Gasteiger partial charge in [0.25, 0.3) is 0 Å². The number of amides is 1. The standard InChI is InChI=1S/C30H32ClNO5/c1-30(2,3)37-29(36)32(18-27(33)22-7-5-9-25(31)16-22)26-13-12-19-10-11-21(15-24(19)17-26)20-6-4-8-23(14-20)28(34)35/h4-11,14-16,26-27,33H,12-13,17-18H2,1-3H3,(H,34,35). The Kier molecular flexibility index (Phi) is 7.90. The number of rotatable bonds is 6. The Bertz CT molecular complexity index is 1300. The Morgan fingerprint density at radius 3 is 2.46 bits per heavy atom. The van der Waals surface area contributed by atoms with Crippen molar-refractivity contribution in [3.8, 4) is 11.1 Å². The highest BCUT2D eigenvalue weighted by atomic mass is 35.5. The first kappa shape index (κ1) is 26.7. The summed E-state index contributed by atoms with van der Waals surface area (Å²) in [6.45, 7) is 5.55. The number of hydrogen-bond acceptors (Lipinski definition) is 4. The third-order valence-electron chi connectivity index (χ3n) is 6.52. The van der Waals surface area contributed by atoms with E-state index in [0.717, 1.165) is 29.5 Å². The Labute approximate surface area is 222 Å². The maximum atomic E-state index is 13.3. The summed E-state index contributed by atoms with van der Waals surface area (Å²) >= 11 is 6.12. The van der Waals surface area contributed by atoms with Crippen molar-refractivity contribution in [3.63, 3.8) is 0 Å². The number of hydrogen-bond donors (Lipinski definition) is 2. The Morgan fingerprint density at radius 2 is 1.76 bits per heavy atom. The Hall–Kier alpha value is -3.35. The number of nitrogens with zero attached hydrogens (tertiary/aromatic N) is 1. The topological polar surface area (TPSA) is 87.1 Å². The van der Waals surface area contributed by atoms with E-state index in [9.17, 15) is 19.8 Å². The molecule has 194 valence electrons. The zero-order valence-electron chi connectivity index (χ0n) is 21.3. The molecule has 0 radical (unpaired) electrons. The predicted octanol–water partition coefficient (Wildman–Crippen LogP) is 6.53. The smallest absolute Gasteiger partial charge is 0.410 e. The van der Waals surface area contributed by atoms with Gasteiger partial charge in [0.2, 0.25) is 0 Å². The van der Waals surface area contributed by atoms with Crippen LogP contribution >= 0.6 is 11.6 Å². The number of carbonyl (C=O) groups excluding carboxylic acids is 1. The molecule has 7 heteroatoms. The molecular weight excluding hydrogens is 490 g/mol. The Balaban J connectivity index is 1.61. The molecule has 6 nitrogen and oxygen atoms in total. The lowest BCUT2D eigenvalue weighted by molar-refractivity contribution is 0.00195. The maximum Gasteiger partial charge on any atom is 0.410 e. The lowest BCUT2D eigenvalue weighted by Gasteiger charge is -2.37. The highest BCUT2D eigenvalue weighted by Gasteiger charge is 2.33. The van der Waals surface area contributed by atoms with Gasteiger partial charge in [-0.3, -0.25) is 0 Å². The normalized spacial score (nSPS) is 16.0. The van der Waals surface area contributed by atoms with Crippen molar-refractivity contribution in [2.24, 2.45) is 0 Å². The highest BCUT2D eigenvalue weighted by molar-refractivity contribution is 6.30. The molecule has 2 atom stereocenters. The van der Waals surface area contributed by atoms with Crippen molar-refractivity contribution in [1.82, 2.24) is 4.90 Å². The van der Waals surface area contributed by atoms with Crippen LogP contribution in [0.3, 0.4) is 0 Å². The molecule has 0 saturated carbocycles. The summed E-state index contributed by atoms with van der Waals surface area (Å²) in [5, 5.41) is 20.9. The predicted molar refractivity (Wildman–Crippen MR) is 144 cm³/mol. The number of aromatic carboxylic acids is 1.